The molecule has 1 saturated heterocycles. The van der Waals surface area contributed by atoms with Gasteiger partial charge in [-0.25, -0.2) is 0 Å². The van der Waals surface area contributed by atoms with Crippen molar-refractivity contribution in [3.8, 4) is 0 Å². The van der Waals surface area contributed by atoms with Gasteiger partial charge in [0.2, 0.25) is 23.6 Å². The average molecular weight is 762 g/mol. The Balaban J connectivity index is 0.00000469. The molecule has 12 heteroatoms. The number of rotatable bonds is 20. The number of hydrogen-bond acceptors (Lipinski definition) is 8. The summed E-state index contributed by atoms with van der Waals surface area (Å²) in [5, 5.41) is 16.6. The molecule has 0 saturated carbocycles. The van der Waals surface area contributed by atoms with Crippen LogP contribution in [0.2, 0.25) is 0 Å². The molecule has 1 heterocycles. The largest absolute Gasteiger partial charge is 0.386 e. The predicted octanol–water partition coefficient (Wildman–Crippen LogP) is 5.04. The van der Waals surface area contributed by atoms with Gasteiger partial charge in [0.1, 0.15) is 0 Å². The number of likely N-dealkylation sites (tertiary alicyclic amines) is 1. The highest BCUT2D eigenvalue weighted by Gasteiger charge is 2.42. The fourth-order valence-corrected chi connectivity index (χ4v) is 7.37. The van der Waals surface area contributed by atoms with Crippen molar-refractivity contribution < 1.29 is 33.8 Å². The number of carbonyl (C=O) groups excluding carboxylic acids is 4. The Morgan fingerprint density at radius 2 is 1.52 bits per heavy atom. The fraction of sp³-hybridized carbons (Fsp3) is 0.762. The second-order valence-electron chi connectivity index (χ2n) is 15.7. The molecular weight excluding hydrogens is 686 g/mol. The molecule has 0 spiro atoms. The van der Waals surface area contributed by atoms with Crippen molar-refractivity contribution in [3.05, 3.63) is 35.9 Å². The number of amides is 4. The number of aliphatic hydroxyl groups excluding tert-OH is 1. The fourth-order valence-electron chi connectivity index (χ4n) is 7.37. The third-order valence-electron chi connectivity index (χ3n) is 10.9. The molecule has 1 aromatic rings. The van der Waals surface area contributed by atoms with Crippen LogP contribution in [0.15, 0.2) is 30.3 Å². The lowest BCUT2D eigenvalue weighted by Gasteiger charge is -2.39. The smallest absolute Gasteiger partial charge is 0.242 e. The standard InChI is InChI=1S/C39H67N5O7.C3H8/c1-13-26(6)35(43(10)33(46)23-40-39(49)34(24(2)3)42(9)25(4)5)31(50-11)22-32(45)44-21-17-20-30(44)37(51-12)27(7)38(48)41-28(8)36(47)29-18-15-14-16-19-29;1-3-2/h14-16,18-19,24-28,30-31,34-37,47H,13,17,20-23H2,1-12H3,(H,40,49)(H,41,48);3H2,1-2H3. The van der Waals surface area contributed by atoms with Crippen LogP contribution in [0.25, 0.3) is 0 Å². The van der Waals surface area contributed by atoms with Gasteiger partial charge in [-0.2, -0.15) is 0 Å². The monoisotopic (exact) mass is 762 g/mol. The summed E-state index contributed by atoms with van der Waals surface area (Å²) in [5.74, 6) is -1.39. The van der Waals surface area contributed by atoms with Crippen LogP contribution in [-0.4, -0.2) is 127 Å². The number of methoxy groups -OCH3 is 2. The number of nitrogens with zero attached hydrogens (tertiary/aromatic N) is 3. The number of nitrogens with one attached hydrogen (secondary N) is 2. The third kappa shape index (κ3) is 13.9. The minimum absolute atomic E-state index is 0.000863. The van der Waals surface area contributed by atoms with E-state index in [9.17, 15) is 24.3 Å². The Morgan fingerprint density at radius 3 is 2.02 bits per heavy atom. The van der Waals surface area contributed by atoms with E-state index in [0.717, 1.165) is 12.8 Å². The first-order valence-electron chi connectivity index (χ1n) is 20.1. The molecule has 4 amide bonds. The van der Waals surface area contributed by atoms with E-state index in [-0.39, 0.29) is 66.6 Å². The third-order valence-corrected chi connectivity index (χ3v) is 10.9. The van der Waals surface area contributed by atoms with Crippen LogP contribution in [0.5, 0.6) is 0 Å². The molecule has 1 aliphatic rings. The summed E-state index contributed by atoms with van der Waals surface area (Å²) < 4.78 is 11.8. The molecule has 310 valence electrons. The first kappa shape index (κ1) is 49.0. The Labute approximate surface area is 327 Å². The van der Waals surface area contributed by atoms with Crippen LogP contribution >= 0.6 is 0 Å². The number of benzene rings is 1. The second-order valence-corrected chi connectivity index (χ2v) is 15.7. The molecule has 1 aliphatic heterocycles. The van der Waals surface area contributed by atoms with Gasteiger partial charge < -0.3 is 35.0 Å². The van der Waals surface area contributed by atoms with E-state index in [1.165, 1.54) is 6.42 Å². The van der Waals surface area contributed by atoms with Gasteiger partial charge in [-0.15, -0.1) is 0 Å². The van der Waals surface area contributed by atoms with E-state index in [1.54, 1.807) is 44.9 Å². The molecule has 0 radical (unpaired) electrons. The van der Waals surface area contributed by atoms with E-state index >= 15 is 0 Å². The summed E-state index contributed by atoms with van der Waals surface area (Å²) in [6.45, 7) is 20.3. The highest BCUT2D eigenvalue weighted by atomic mass is 16.5. The first-order chi connectivity index (χ1) is 25.4. The topological polar surface area (TPSA) is 141 Å². The average Bonchev–Trinajstić information content (AvgIpc) is 3.63. The van der Waals surface area contributed by atoms with Crippen LogP contribution in [0.4, 0.5) is 0 Å². The van der Waals surface area contributed by atoms with Crippen molar-refractivity contribution in [2.45, 2.75) is 150 Å². The van der Waals surface area contributed by atoms with Gasteiger partial charge in [0, 0.05) is 33.9 Å². The molecule has 2 rings (SSSR count). The molecule has 1 fully saturated rings. The normalized spacial score (nSPS) is 18.9. The summed E-state index contributed by atoms with van der Waals surface area (Å²) in [5.41, 5.74) is 0.712. The zero-order valence-electron chi connectivity index (χ0n) is 35.9. The van der Waals surface area contributed by atoms with E-state index in [0.29, 0.717) is 18.5 Å². The molecule has 9 atom stereocenters. The molecule has 12 nitrogen and oxygen atoms in total. The van der Waals surface area contributed by atoms with E-state index in [1.807, 2.05) is 83.8 Å². The highest BCUT2D eigenvalue weighted by Crippen LogP contribution is 2.29. The van der Waals surface area contributed by atoms with Crippen LogP contribution in [-0.2, 0) is 28.7 Å². The first-order valence-corrected chi connectivity index (χ1v) is 20.1. The maximum absolute atomic E-state index is 14.0. The Kier molecular flexibility index (Phi) is 22.2. The van der Waals surface area contributed by atoms with Crippen LogP contribution in [0, 0.1) is 17.8 Å². The van der Waals surface area contributed by atoms with Crippen molar-refractivity contribution in [2.75, 3.05) is 41.4 Å². The summed E-state index contributed by atoms with van der Waals surface area (Å²) in [6, 6.07) is 7.68. The van der Waals surface area contributed by atoms with Crippen LogP contribution < -0.4 is 10.6 Å². The van der Waals surface area contributed by atoms with Crippen molar-refractivity contribution >= 4 is 23.6 Å². The van der Waals surface area contributed by atoms with Gasteiger partial charge in [0.15, 0.2) is 0 Å². The van der Waals surface area contributed by atoms with Gasteiger partial charge in [-0.1, -0.05) is 91.6 Å². The molecule has 3 N–H and O–H groups in total. The van der Waals surface area contributed by atoms with Gasteiger partial charge in [0.05, 0.1) is 61.4 Å². The van der Waals surface area contributed by atoms with Gasteiger partial charge in [-0.05, 0) is 58.1 Å². The molecule has 0 aromatic heterocycles. The van der Waals surface area contributed by atoms with Gasteiger partial charge in [-0.3, -0.25) is 24.1 Å². The number of likely N-dealkylation sites (N-methyl/N-ethyl adjacent to an activating group) is 2. The molecule has 0 aliphatic carbocycles. The lowest BCUT2D eigenvalue weighted by Crippen LogP contribution is -2.56. The minimum Gasteiger partial charge on any atom is -0.386 e. The number of carbonyl (C=O) groups is 4. The highest BCUT2D eigenvalue weighted by molar-refractivity contribution is 5.88. The van der Waals surface area contributed by atoms with Crippen LogP contribution in [0.3, 0.4) is 0 Å². The lowest BCUT2D eigenvalue weighted by atomic mass is 9.90. The zero-order chi connectivity index (χ0) is 41.3. The summed E-state index contributed by atoms with van der Waals surface area (Å²) >= 11 is 0. The van der Waals surface area contributed by atoms with Crippen molar-refractivity contribution in [1.82, 2.24) is 25.3 Å². The molecule has 9 unspecified atom stereocenters. The Bertz CT molecular complexity index is 1260. The number of ether oxygens (including phenoxy) is 2. The SMILES string of the molecule is CCC.CCC(C)C(C(CC(=O)N1CCCC1C(OC)C(C)C(=O)NC(C)C(O)c1ccccc1)OC)N(C)C(=O)CNC(=O)C(C(C)C)N(C)C(C)C. The van der Waals surface area contributed by atoms with E-state index < -0.39 is 36.3 Å². The number of aliphatic hydroxyl groups is 1. The molecule has 0 bridgehead atoms. The Hall–Kier alpha value is -3.06. The summed E-state index contributed by atoms with van der Waals surface area (Å²) in [7, 11) is 6.73. The Morgan fingerprint density at radius 1 is 0.926 bits per heavy atom. The van der Waals surface area contributed by atoms with Gasteiger partial charge in [0.25, 0.3) is 0 Å². The molecular formula is C42H75N5O7. The molecule has 54 heavy (non-hydrogen) atoms. The predicted molar refractivity (Wildman–Crippen MR) is 216 cm³/mol. The lowest BCUT2D eigenvalue weighted by molar-refractivity contribution is -0.146. The maximum atomic E-state index is 14.0. The van der Waals surface area contributed by atoms with Crippen molar-refractivity contribution in [1.29, 1.82) is 0 Å². The van der Waals surface area contributed by atoms with E-state index in [4.69, 9.17) is 9.47 Å². The van der Waals surface area contributed by atoms with Crippen molar-refractivity contribution in [3.63, 3.8) is 0 Å². The van der Waals surface area contributed by atoms with Gasteiger partial charge >= 0.3 is 0 Å². The summed E-state index contributed by atoms with van der Waals surface area (Å²) in [4.78, 5) is 59.6. The zero-order valence-corrected chi connectivity index (χ0v) is 35.9. The second kappa shape index (κ2) is 24.5. The maximum Gasteiger partial charge on any atom is 0.242 e. The number of hydrogen-bond donors (Lipinski definition) is 3. The minimum atomic E-state index is -0.873. The van der Waals surface area contributed by atoms with E-state index in [2.05, 4.69) is 24.5 Å². The molecule has 1 aromatic carbocycles. The van der Waals surface area contributed by atoms with Crippen molar-refractivity contribution in [2.24, 2.45) is 17.8 Å². The van der Waals surface area contributed by atoms with Crippen LogP contribution in [0.1, 0.15) is 113 Å². The summed E-state index contributed by atoms with van der Waals surface area (Å²) in [6.07, 6.45) is 1.44. The quantitative estimate of drug-likeness (QED) is 0.168.